The number of carbonyl (C=O) groups excluding carboxylic acids is 1. The van der Waals surface area contributed by atoms with Crippen LogP contribution in [0.25, 0.3) is 0 Å². The van der Waals surface area contributed by atoms with Gasteiger partial charge in [-0.25, -0.2) is 9.78 Å². The molecule has 0 saturated heterocycles. The van der Waals surface area contributed by atoms with Gasteiger partial charge in [0.05, 0.1) is 11.9 Å². The van der Waals surface area contributed by atoms with E-state index in [2.05, 4.69) is 22.2 Å². The highest BCUT2D eigenvalue weighted by Crippen LogP contribution is 2.34. The summed E-state index contributed by atoms with van der Waals surface area (Å²) >= 11 is 0. The van der Waals surface area contributed by atoms with Crippen molar-refractivity contribution in [1.82, 2.24) is 15.3 Å². The first-order chi connectivity index (χ1) is 9.97. The Morgan fingerprint density at radius 2 is 2.00 bits per heavy atom. The standard InChI is InChI=1S/C15H21N3O3/c1-3-11-4-6-15(7-5-11,14(20)21)18-13(19)12-9-16-10(2)8-17-12/h8-9,11H,3-7H2,1-2H3,(H,18,19)(H,20,21). The van der Waals surface area contributed by atoms with Crippen LogP contribution in [0.1, 0.15) is 55.2 Å². The molecular weight excluding hydrogens is 270 g/mol. The Morgan fingerprint density at radius 1 is 1.33 bits per heavy atom. The van der Waals surface area contributed by atoms with Crippen molar-refractivity contribution in [3.05, 3.63) is 23.8 Å². The largest absolute Gasteiger partial charge is 0.480 e. The number of nitrogens with one attached hydrogen (secondary N) is 1. The van der Waals surface area contributed by atoms with Crippen LogP contribution in [0.15, 0.2) is 12.4 Å². The zero-order chi connectivity index (χ0) is 15.5. The van der Waals surface area contributed by atoms with Gasteiger partial charge in [0.25, 0.3) is 5.91 Å². The SMILES string of the molecule is CCC1CCC(NC(=O)c2cnc(C)cn2)(C(=O)O)CC1. The Balaban J connectivity index is 2.12. The molecule has 1 amide bonds. The average molecular weight is 291 g/mol. The van der Waals surface area contributed by atoms with Crippen LogP contribution in [0.3, 0.4) is 0 Å². The zero-order valence-corrected chi connectivity index (χ0v) is 12.4. The van der Waals surface area contributed by atoms with Crippen molar-refractivity contribution in [2.75, 3.05) is 0 Å². The summed E-state index contributed by atoms with van der Waals surface area (Å²) in [7, 11) is 0. The third-order valence-corrected chi connectivity index (χ3v) is 4.31. The maximum Gasteiger partial charge on any atom is 0.329 e. The quantitative estimate of drug-likeness (QED) is 0.884. The lowest BCUT2D eigenvalue weighted by atomic mass is 9.75. The van der Waals surface area contributed by atoms with Crippen LogP contribution in [-0.4, -0.2) is 32.5 Å². The minimum atomic E-state index is -1.17. The number of hydrogen-bond acceptors (Lipinski definition) is 4. The number of amides is 1. The van der Waals surface area contributed by atoms with Crippen LogP contribution in [0.2, 0.25) is 0 Å². The molecule has 21 heavy (non-hydrogen) atoms. The smallest absolute Gasteiger partial charge is 0.329 e. The summed E-state index contributed by atoms with van der Waals surface area (Å²) in [4.78, 5) is 31.9. The molecule has 6 heteroatoms. The van der Waals surface area contributed by atoms with Crippen molar-refractivity contribution >= 4 is 11.9 Å². The minimum Gasteiger partial charge on any atom is -0.480 e. The Bertz CT molecular complexity index is 519. The summed E-state index contributed by atoms with van der Waals surface area (Å²) in [5, 5.41) is 12.2. The second-order valence-electron chi connectivity index (χ2n) is 5.74. The van der Waals surface area contributed by atoms with Crippen molar-refractivity contribution in [3.63, 3.8) is 0 Å². The molecule has 0 unspecified atom stereocenters. The molecule has 1 fully saturated rings. The van der Waals surface area contributed by atoms with Gasteiger partial charge in [-0.05, 0) is 38.5 Å². The fraction of sp³-hybridized carbons (Fsp3) is 0.600. The van der Waals surface area contributed by atoms with E-state index in [1.165, 1.54) is 12.4 Å². The van der Waals surface area contributed by atoms with Gasteiger partial charge in [0.1, 0.15) is 11.2 Å². The van der Waals surface area contributed by atoms with E-state index in [0.717, 1.165) is 19.3 Å². The summed E-state index contributed by atoms with van der Waals surface area (Å²) in [5.41, 5.74) is -0.309. The number of aromatic nitrogens is 2. The van der Waals surface area contributed by atoms with Gasteiger partial charge in [-0.1, -0.05) is 13.3 Å². The number of carboxylic acids is 1. The monoisotopic (exact) mass is 291 g/mol. The Kier molecular flexibility index (Phi) is 4.55. The molecule has 2 N–H and O–H groups in total. The van der Waals surface area contributed by atoms with Crippen molar-refractivity contribution in [2.24, 2.45) is 5.92 Å². The van der Waals surface area contributed by atoms with Crippen LogP contribution in [0.5, 0.6) is 0 Å². The fourth-order valence-corrected chi connectivity index (χ4v) is 2.76. The first-order valence-electron chi connectivity index (χ1n) is 7.31. The van der Waals surface area contributed by atoms with E-state index < -0.39 is 17.4 Å². The first kappa shape index (κ1) is 15.4. The Morgan fingerprint density at radius 3 is 2.48 bits per heavy atom. The highest BCUT2D eigenvalue weighted by molar-refractivity contribution is 5.96. The topological polar surface area (TPSA) is 92.2 Å². The molecule has 0 atom stereocenters. The molecular formula is C15H21N3O3. The van der Waals surface area contributed by atoms with Crippen LogP contribution < -0.4 is 5.32 Å². The number of carboxylic acid groups (broad SMARTS) is 1. The van der Waals surface area contributed by atoms with Gasteiger partial charge in [-0.15, -0.1) is 0 Å². The Labute approximate surface area is 124 Å². The van der Waals surface area contributed by atoms with Crippen LogP contribution in [0, 0.1) is 12.8 Å². The predicted molar refractivity (Wildman–Crippen MR) is 76.9 cm³/mol. The molecule has 1 aromatic rings. The lowest BCUT2D eigenvalue weighted by Crippen LogP contribution is -2.56. The molecule has 114 valence electrons. The van der Waals surface area contributed by atoms with Gasteiger partial charge in [-0.3, -0.25) is 9.78 Å². The number of nitrogens with zero attached hydrogens (tertiary/aromatic N) is 2. The van der Waals surface area contributed by atoms with Crippen LogP contribution in [-0.2, 0) is 4.79 Å². The van der Waals surface area contributed by atoms with Crippen molar-refractivity contribution in [3.8, 4) is 0 Å². The van der Waals surface area contributed by atoms with E-state index in [1.54, 1.807) is 6.92 Å². The highest BCUT2D eigenvalue weighted by Gasteiger charge is 2.43. The highest BCUT2D eigenvalue weighted by atomic mass is 16.4. The van der Waals surface area contributed by atoms with Crippen molar-refractivity contribution in [1.29, 1.82) is 0 Å². The van der Waals surface area contributed by atoms with Gasteiger partial charge in [0.15, 0.2) is 0 Å². The lowest BCUT2D eigenvalue weighted by Gasteiger charge is -2.37. The van der Waals surface area contributed by atoms with E-state index >= 15 is 0 Å². The summed E-state index contributed by atoms with van der Waals surface area (Å²) in [6, 6.07) is 0. The van der Waals surface area contributed by atoms with Gasteiger partial charge >= 0.3 is 5.97 Å². The molecule has 2 rings (SSSR count). The molecule has 0 aliphatic heterocycles. The molecule has 1 saturated carbocycles. The molecule has 0 bridgehead atoms. The number of hydrogen-bond donors (Lipinski definition) is 2. The number of aryl methyl sites for hydroxylation is 1. The maximum atomic E-state index is 12.2. The average Bonchev–Trinajstić information content (AvgIpc) is 2.48. The van der Waals surface area contributed by atoms with Gasteiger partial charge in [0, 0.05) is 6.20 Å². The van der Waals surface area contributed by atoms with Crippen molar-refractivity contribution in [2.45, 2.75) is 51.5 Å². The molecule has 1 aromatic heterocycles. The summed E-state index contributed by atoms with van der Waals surface area (Å²) in [6.45, 7) is 3.89. The summed E-state index contributed by atoms with van der Waals surface area (Å²) in [5.74, 6) is -0.890. The normalized spacial score (nSPS) is 25.3. The first-order valence-corrected chi connectivity index (χ1v) is 7.31. The Hall–Kier alpha value is -1.98. The molecule has 1 aliphatic carbocycles. The molecule has 0 radical (unpaired) electrons. The summed E-state index contributed by atoms with van der Waals surface area (Å²) < 4.78 is 0. The van der Waals surface area contributed by atoms with Crippen LogP contribution >= 0.6 is 0 Å². The van der Waals surface area contributed by atoms with E-state index in [1.807, 2.05) is 0 Å². The van der Waals surface area contributed by atoms with E-state index in [0.29, 0.717) is 24.5 Å². The number of aliphatic carboxylic acids is 1. The second-order valence-corrected chi connectivity index (χ2v) is 5.74. The molecule has 0 aromatic carbocycles. The van der Waals surface area contributed by atoms with E-state index in [-0.39, 0.29) is 5.69 Å². The molecule has 0 spiro atoms. The third-order valence-electron chi connectivity index (χ3n) is 4.31. The summed E-state index contributed by atoms with van der Waals surface area (Å²) in [6.07, 6.45) is 6.49. The predicted octanol–water partition coefficient (Wildman–Crippen LogP) is 1.94. The molecule has 1 heterocycles. The minimum absolute atomic E-state index is 0.152. The number of carbonyl (C=O) groups is 2. The third kappa shape index (κ3) is 3.37. The fourth-order valence-electron chi connectivity index (χ4n) is 2.76. The van der Waals surface area contributed by atoms with Crippen molar-refractivity contribution < 1.29 is 14.7 Å². The second kappa shape index (κ2) is 6.20. The van der Waals surface area contributed by atoms with E-state index in [4.69, 9.17) is 0 Å². The lowest BCUT2D eigenvalue weighted by molar-refractivity contribution is -0.146. The van der Waals surface area contributed by atoms with Gasteiger partial charge < -0.3 is 10.4 Å². The van der Waals surface area contributed by atoms with Gasteiger partial charge in [0.2, 0.25) is 0 Å². The maximum absolute atomic E-state index is 12.2. The van der Waals surface area contributed by atoms with Crippen LogP contribution in [0.4, 0.5) is 0 Å². The molecule has 6 nitrogen and oxygen atoms in total. The van der Waals surface area contributed by atoms with E-state index in [9.17, 15) is 14.7 Å². The zero-order valence-electron chi connectivity index (χ0n) is 12.4. The molecule has 1 aliphatic rings. The van der Waals surface area contributed by atoms with Gasteiger partial charge in [-0.2, -0.15) is 0 Å². The number of rotatable bonds is 4.